The van der Waals surface area contributed by atoms with Gasteiger partial charge in [-0.25, -0.2) is 4.79 Å². The van der Waals surface area contributed by atoms with Crippen molar-refractivity contribution in [3.05, 3.63) is 0 Å². The number of ether oxygens (including phenoxy) is 1. The molecule has 6 heteroatoms. The van der Waals surface area contributed by atoms with Crippen LogP contribution < -0.4 is 5.32 Å². The lowest BCUT2D eigenvalue weighted by Crippen LogP contribution is -2.50. The minimum atomic E-state index is -1.05. The molecule has 1 atom stereocenters. The fraction of sp³-hybridized carbons (Fsp3) is 0.600. The van der Waals surface area contributed by atoms with E-state index < -0.39 is 12.1 Å². The second-order valence-corrected chi connectivity index (χ2v) is 3.35. The average Bonchev–Trinajstić information content (AvgIpc) is 2.29. The molecule has 0 saturated carbocycles. The van der Waals surface area contributed by atoms with E-state index in [2.05, 4.69) is 11.2 Å². The summed E-state index contributed by atoms with van der Waals surface area (Å²) in [6, 6.07) is 0. The van der Waals surface area contributed by atoms with Gasteiger partial charge >= 0.3 is 5.97 Å². The van der Waals surface area contributed by atoms with Crippen molar-refractivity contribution in [3.8, 4) is 12.3 Å². The first-order chi connectivity index (χ1) is 7.65. The number of nitrogens with zero attached hydrogens (tertiary/aromatic N) is 1. The van der Waals surface area contributed by atoms with Crippen molar-refractivity contribution >= 4 is 11.9 Å². The Morgan fingerprint density at radius 3 is 3.00 bits per heavy atom. The third-order valence-electron chi connectivity index (χ3n) is 2.20. The van der Waals surface area contributed by atoms with Crippen molar-refractivity contribution in [3.63, 3.8) is 0 Å². The Bertz CT molecular complexity index is 310. The molecule has 0 bridgehead atoms. The zero-order valence-corrected chi connectivity index (χ0v) is 8.81. The van der Waals surface area contributed by atoms with E-state index in [-0.39, 0.29) is 25.6 Å². The van der Waals surface area contributed by atoms with Gasteiger partial charge in [-0.3, -0.25) is 10.1 Å². The fourth-order valence-electron chi connectivity index (χ4n) is 1.38. The van der Waals surface area contributed by atoms with Crippen molar-refractivity contribution in [1.29, 1.82) is 0 Å². The molecule has 2 N–H and O–H groups in total. The summed E-state index contributed by atoms with van der Waals surface area (Å²) in [5.41, 5.74) is 0. The van der Waals surface area contributed by atoms with Gasteiger partial charge in [0.25, 0.3) is 0 Å². The fourth-order valence-corrected chi connectivity index (χ4v) is 1.38. The minimum Gasteiger partial charge on any atom is -0.479 e. The zero-order valence-electron chi connectivity index (χ0n) is 8.81. The maximum atomic E-state index is 11.6. The molecule has 1 fully saturated rings. The predicted octanol–water partition coefficient (Wildman–Crippen LogP) is -1.48. The lowest BCUT2D eigenvalue weighted by Gasteiger charge is -2.30. The maximum Gasteiger partial charge on any atom is 0.334 e. The molecular weight excluding hydrogens is 212 g/mol. The number of morpholine rings is 1. The van der Waals surface area contributed by atoms with Gasteiger partial charge in [-0.15, -0.1) is 6.42 Å². The summed E-state index contributed by atoms with van der Waals surface area (Å²) in [5, 5.41) is 11.5. The highest BCUT2D eigenvalue weighted by molar-refractivity contribution is 5.80. The number of terminal acetylenes is 1. The maximum absolute atomic E-state index is 11.6. The van der Waals surface area contributed by atoms with Crippen LogP contribution in [-0.4, -0.2) is 60.8 Å². The number of nitrogens with one attached hydrogen (secondary N) is 1. The van der Waals surface area contributed by atoms with E-state index in [1.807, 2.05) is 0 Å². The van der Waals surface area contributed by atoms with Crippen molar-refractivity contribution in [2.75, 3.05) is 32.8 Å². The number of carboxylic acids is 1. The van der Waals surface area contributed by atoms with Crippen molar-refractivity contribution in [1.82, 2.24) is 10.2 Å². The van der Waals surface area contributed by atoms with Gasteiger partial charge in [0, 0.05) is 6.54 Å². The number of aliphatic carboxylic acids is 1. The Morgan fingerprint density at radius 2 is 2.38 bits per heavy atom. The monoisotopic (exact) mass is 226 g/mol. The molecule has 88 valence electrons. The number of carboxylic acid groups (broad SMARTS) is 1. The molecule has 0 spiro atoms. The van der Waals surface area contributed by atoms with Crippen molar-refractivity contribution < 1.29 is 19.4 Å². The predicted molar refractivity (Wildman–Crippen MR) is 55.7 cm³/mol. The molecule has 1 saturated heterocycles. The van der Waals surface area contributed by atoms with E-state index in [1.54, 1.807) is 0 Å². The molecule has 0 aromatic carbocycles. The second kappa shape index (κ2) is 6.10. The van der Waals surface area contributed by atoms with E-state index >= 15 is 0 Å². The summed E-state index contributed by atoms with van der Waals surface area (Å²) in [6.07, 6.45) is 4.09. The van der Waals surface area contributed by atoms with Gasteiger partial charge in [-0.05, 0) is 0 Å². The molecule has 16 heavy (non-hydrogen) atoms. The van der Waals surface area contributed by atoms with Gasteiger partial charge in [0.05, 0.1) is 26.2 Å². The van der Waals surface area contributed by atoms with E-state index in [1.165, 1.54) is 4.90 Å². The molecule has 1 heterocycles. The summed E-state index contributed by atoms with van der Waals surface area (Å²) in [4.78, 5) is 23.7. The van der Waals surface area contributed by atoms with E-state index in [4.69, 9.17) is 16.3 Å². The molecule has 0 aromatic heterocycles. The third-order valence-corrected chi connectivity index (χ3v) is 2.20. The number of amides is 1. The van der Waals surface area contributed by atoms with Gasteiger partial charge < -0.3 is 14.7 Å². The first kappa shape index (κ1) is 12.5. The number of carbonyl (C=O) groups excluding carboxylic acids is 1. The highest BCUT2D eigenvalue weighted by atomic mass is 16.5. The molecule has 1 aliphatic rings. The quantitative estimate of drug-likeness (QED) is 0.451. The Kier molecular flexibility index (Phi) is 4.76. The van der Waals surface area contributed by atoms with Crippen LogP contribution in [0.2, 0.25) is 0 Å². The summed E-state index contributed by atoms with van der Waals surface area (Å²) in [7, 11) is 0. The van der Waals surface area contributed by atoms with Crippen LogP contribution >= 0.6 is 0 Å². The van der Waals surface area contributed by atoms with E-state index in [0.29, 0.717) is 13.1 Å². The summed E-state index contributed by atoms with van der Waals surface area (Å²) in [5.74, 6) is 1.14. The molecule has 1 aliphatic heterocycles. The van der Waals surface area contributed by atoms with Crippen LogP contribution in [0, 0.1) is 12.3 Å². The summed E-state index contributed by atoms with van der Waals surface area (Å²) in [6.45, 7) is 1.19. The largest absolute Gasteiger partial charge is 0.479 e. The molecule has 0 aliphatic carbocycles. The molecule has 1 unspecified atom stereocenters. The lowest BCUT2D eigenvalue weighted by atomic mass is 10.2. The Morgan fingerprint density at radius 1 is 1.62 bits per heavy atom. The van der Waals surface area contributed by atoms with Crippen LogP contribution in [0.3, 0.4) is 0 Å². The number of rotatable bonds is 4. The second-order valence-electron chi connectivity index (χ2n) is 3.35. The van der Waals surface area contributed by atoms with Crippen LogP contribution in [-0.2, 0) is 14.3 Å². The number of hydrogen-bond acceptors (Lipinski definition) is 4. The Hall–Kier alpha value is -1.58. The summed E-state index contributed by atoms with van der Waals surface area (Å²) >= 11 is 0. The van der Waals surface area contributed by atoms with Crippen molar-refractivity contribution in [2.45, 2.75) is 6.10 Å². The molecule has 1 rings (SSSR count). The SMILES string of the molecule is C#CCNCC(=O)N1CCOC(C(=O)O)C1. The minimum absolute atomic E-state index is 0.0892. The van der Waals surface area contributed by atoms with Crippen LogP contribution in [0.15, 0.2) is 0 Å². The molecular formula is C10H14N2O4. The van der Waals surface area contributed by atoms with Gasteiger partial charge in [-0.2, -0.15) is 0 Å². The van der Waals surface area contributed by atoms with Crippen LogP contribution in [0.25, 0.3) is 0 Å². The molecule has 6 nitrogen and oxygen atoms in total. The smallest absolute Gasteiger partial charge is 0.334 e. The van der Waals surface area contributed by atoms with Crippen molar-refractivity contribution in [2.24, 2.45) is 0 Å². The van der Waals surface area contributed by atoms with E-state index in [9.17, 15) is 9.59 Å². The van der Waals surface area contributed by atoms with Gasteiger partial charge in [0.2, 0.25) is 5.91 Å². The topological polar surface area (TPSA) is 78.9 Å². The van der Waals surface area contributed by atoms with Gasteiger partial charge in [0.15, 0.2) is 6.10 Å². The average molecular weight is 226 g/mol. The van der Waals surface area contributed by atoms with Crippen LogP contribution in [0.4, 0.5) is 0 Å². The Balaban J connectivity index is 2.38. The molecule has 1 amide bonds. The summed E-state index contributed by atoms with van der Waals surface area (Å²) < 4.78 is 5.00. The molecule has 0 aromatic rings. The molecule has 0 radical (unpaired) electrons. The van der Waals surface area contributed by atoms with Crippen LogP contribution in [0.5, 0.6) is 0 Å². The van der Waals surface area contributed by atoms with Gasteiger partial charge in [0.1, 0.15) is 0 Å². The highest BCUT2D eigenvalue weighted by Crippen LogP contribution is 2.05. The first-order valence-corrected chi connectivity index (χ1v) is 4.91. The zero-order chi connectivity index (χ0) is 12.0. The number of hydrogen-bond donors (Lipinski definition) is 2. The normalized spacial score (nSPS) is 20.2. The van der Waals surface area contributed by atoms with Crippen LogP contribution in [0.1, 0.15) is 0 Å². The lowest BCUT2D eigenvalue weighted by molar-refractivity contribution is -0.159. The van der Waals surface area contributed by atoms with Gasteiger partial charge in [-0.1, -0.05) is 5.92 Å². The standard InChI is InChI=1S/C10H14N2O4/c1-2-3-11-6-9(13)12-4-5-16-8(7-12)10(14)15/h1,8,11H,3-7H2,(H,14,15). The number of carbonyl (C=O) groups is 2. The highest BCUT2D eigenvalue weighted by Gasteiger charge is 2.28. The first-order valence-electron chi connectivity index (χ1n) is 4.91. The van der Waals surface area contributed by atoms with E-state index in [0.717, 1.165) is 0 Å². The third kappa shape index (κ3) is 3.53. The Labute approximate surface area is 93.6 Å².